The van der Waals surface area contributed by atoms with Gasteiger partial charge in [-0.25, -0.2) is 0 Å². The molecule has 2 aliphatic carbocycles. The van der Waals surface area contributed by atoms with Crippen molar-refractivity contribution in [3.05, 3.63) is 0 Å². The van der Waals surface area contributed by atoms with Crippen LogP contribution >= 0.6 is 0 Å². The molecule has 0 aromatic carbocycles. The van der Waals surface area contributed by atoms with Crippen molar-refractivity contribution in [1.82, 2.24) is 0 Å². The Morgan fingerprint density at radius 1 is 0.818 bits per heavy atom. The minimum Gasteiger partial charge on any atom is -0.0622 e. The smallest absolute Gasteiger partial charge is 0.0355 e. The zero-order chi connectivity index (χ0) is 8.01. The molecule has 2 fully saturated rings. The van der Waals surface area contributed by atoms with Crippen molar-refractivity contribution in [3.8, 4) is 0 Å². The average Bonchev–Trinajstić information content (AvgIpc) is 2.58. The summed E-state index contributed by atoms with van der Waals surface area (Å²) in [5.41, 5.74) is 0. The average molecular weight is 152 g/mol. The van der Waals surface area contributed by atoms with Crippen molar-refractivity contribution < 1.29 is 0 Å². The summed E-state index contributed by atoms with van der Waals surface area (Å²) < 4.78 is 0. The summed E-state index contributed by atoms with van der Waals surface area (Å²) >= 11 is 0. The van der Waals surface area contributed by atoms with E-state index in [0.717, 1.165) is 29.6 Å². The van der Waals surface area contributed by atoms with Gasteiger partial charge >= 0.3 is 0 Å². The van der Waals surface area contributed by atoms with Crippen LogP contribution in [0.1, 0.15) is 40.0 Å². The van der Waals surface area contributed by atoms with Crippen molar-refractivity contribution in [2.45, 2.75) is 40.0 Å². The van der Waals surface area contributed by atoms with Crippen LogP contribution in [0.3, 0.4) is 0 Å². The highest BCUT2D eigenvalue weighted by Crippen LogP contribution is 2.53. The van der Waals surface area contributed by atoms with Gasteiger partial charge in [0.05, 0.1) is 0 Å². The van der Waals surface area contributed by atoms with Crippen molar-refractivity contribution in [1.29, 1.82) is 0 Å². The summed E-state index contributed by atoms with van der Waals surface area (Å²) in [6.07, 6.45) is 4.55. The molecule has 5 unspecified atom stereocenters. The highest BCUT2D eigenvalue weighted by molar-refractivity contribution is 4.94. The Balaban J connectivity index is 1.95. The molecule has 0 N–H and O–H groups in total. The summed E-state index contributed by atoms with van der Waals surface area (Å²) in [4.78, 5) is 0. The molecule has 0 nitrogen and oxygen atoms in total. The Morgan fingerprint density at radius 3 is 1.82 bits per heavy atom. The third-order valence-electron chi connectivity index (χ3n) is 4.25. The van der Waals surface area contributed by atoms with Gasteiger partial charge in [0.1, 0.15) is 0 Å². The van der Waals surface area contributed by atoms with Crippen LogP contribution in [0.2, 0.25) is 0 Å². The molecular weight excluding hydrogens is 132 g/mol. The zero-order valence-corrected chi connectivity index (χ0v) is 8.01. The summed E-state index contributed by atoms with van der Waals surface area (Å²) in [5, 5.41) is 0. The van der Waals surface area contributed by atoms with Crippen LogP contribution in [0.15, 0.2) is 0 Å². The van der Waals surface area contributed by atoms with Gasteiger partial charge in [-0.3, -0.25) is 0 Å². The Morgan fingerprint density at radius 2 is 1.45 bits per heavy atom. The molecule has 0 spiro atoms. The predicted octanol–water partition coefficient (Wildman–Crippen LogP) is 3.32. The quantitative estimate of drug-likeness (QED) is 0.540. The molecule has 64 valence electrons. The van der Waals surface area contributed by atoms with Crippen molar-refractivity contribution in [3.63, 3.8) is 0 Å². The van der Waals surface area contributed by atoms with Crippen LogP contribution < -0.4 is 0 Å². The lowest BCUT2D eigenvalue weighted by molar-refractivity contribution is 0.315. The molecule has 0 radical (unpaired) electrons. The lowest BCUT2D eigenvalue weighted by Crippen LogP contribution is -2.11. The summed E-state index contributed by atoms with van der Waals surface area (Å²) in [5.74, 6) is 5.31. The summed E-state index contributed by atoms with van der Waals surface area (Å²) in [7, 11) is 0. The van der Waals surface area contributed by atoms with E-state index in [-0.39, 0.29) is 0 Å². The molecule has 2 aliphatic rings. The molecule has 11 heavy (non-hydrogen) atoms. The lowest BCUT2D eigenvalue weighted by atomic mass is 9.88. The SMILES string of the molecule is CC1CCC(C2CC2C)C1C. The van der Waals surface area contributed by atoms with E-state index in [0.29, 0.717) is 0 Å². The fourth-order valence-corrected chi connectivity index (χ4v) is 2.95. The summed E-state index contributed by atoms with van der Waals surface area (Å²) in [6, 6.07) is 0. The second-order valence-corrected chi connectivity index (χ2v) is 4.95. The first kappa shape index (κ1) is 7.64. The maximum absolute atomic E-state index is 2.47. The molecule has 5 atom stereocenters. The molecule has 0 aliphatic heterocycles. The van der Waals surface area contributed by atoms with Gasteiger partial charge in [-0.15, -0.1) is 0 Å². The molecule has 0 heteroatoms. The van der Waals surface area contributed by atoms with Crippen molar-refractivity contribution in [2.24, 2.45) is 29.6 Å². The third kappa shape index (κ3) is 1.21. The highest BCUT2D eigenvalue weighted by atomic mass is 14.5. The second-order valence-electron chi connectivity index (χ2n) is 4.95. The van der Waals surface area contributed by atoms with E-state index >= 15 is 0 Å². The normalized spacial score (nSPS) is 56.5. The van der Waals surface area contributed by atoms with Crippen molar-refractivity contribution in [2.75, 3.05) is 0 Å². The monoisotopic (exact) mass is 152 g/mol. The number of hydrogen-bond donors (Lipinski definition) is 0. The fourth-order valence-electron chi connectivity index (χ4n) is 2.95. The van der Waals surface area contributed by atoms with Crippen LogP contribution in [0.4, 0.5) is 0 Å². The van der Waals surface area contributed by atoms with Crippen LogP contribution in [-0.2, 0) is 0 Å². The molecule has 0 aromatic heterocycles. The van der Waals surface area contributed by atoms with E-state index in [2.05, 4.69) is 20.8 Å². The summed E-state index contributed by atoms with van der Waals surface area (Å²) in [6.45, 7) is 7.31. The molecule has 2 saturated carbocycles. The second kappa shape index (κ2) is 2.50. The first-order chi connectivity index (χ1) is 5.20. The molecule has 0 aromatic rings. The first-order valence-electron chi connectivity index (χ1n) is 5.20. The fraction of sp³-hybridized carbons (Fsp3) is 1.00. The maximum atomic E-state index is 2.47. The molecule has 0 heterocycles. The Hall–Kier alpha value is 0. The van der Waals surface area contributed by atoms with Crippen LogP contribution in [0.25, 0.3) is 0 Å². The van der Waals surface area contributed by atoms with Crippen LogP contribution in [-0.4, -0.2) is 0 Å². The molecule has 0 saturated heterocycles. The molecular formula is C11H20. The lowest BCUT2D eigenvalue weighted by Gasteiger charge is -2.17. The van der Waals surface area contributed by atoms with Crippen LogP contribution in [0.5, 0.6) is 0 Å². The van der Waals surface area contributed by atoms with Gasteiger partial charge in [0, 0.05) is 0 Å². The van der Waals surface area contributed by atoms with Gasteiger partial charge in [0.15, 0.2) is 0 Å². The van der Waals surface area contributed by atoms with E-state index in [1.54, 1.807) is 0 Å². The Kier molecular flexibility index (Phi) is 1.74. The standard InChI is InChI=1S/C11H20/c1-7-4-5-10(9(7)3)11-6-8(11)2/h7-11H,4-6H2,1-3H3. The largest absolute Gasteiger partial charge is 0.0622 e. The Bertz CT molecular complexity index is 150. The molecule has 2 rings (SSSR count). The zero-order valence-electron chi connectivity index (χ0n) is 8.01. The van der Waals surface area contributed by atoms with E-state index in [4.69, 9.17) is 0 Å². The Labute approximate surface area is 70.4 Å². The van der Waals surface area contributed by atoms with Gasteiger partial charge in [-0.05, 0) is 42.4 Å². The number of rotatable bonds is 1. The van der Waals surface area contributed by atoms with Gasteiger partial charge in [0.2, 0.25) is 0 Å². The molecule has 0 amide bonds. The third-order valence-corrected chi connectivity index (χ3v) is 4.25. The number of hydrogen-bond acceptors (Lipinski definition) is 0. The molecule has 0 bridgehead atoms. The predicted molar refractivity (Wildman–Crippen MR) is 48.3 cm³/mol. The van der Waals surface area contributed by atoms with E-state index in [9.17, 15) is 0 Å². The van der Waals surface area contributed by atoms with E-state index in [1.165, 1.54) is 19.3 Å². The minimum absolute atomic E-state index is 1.01. The van der Waals surface area contributed by atoms with Crippen LogP contribution in [0, 0.1) is 29.6 Å². The van der Waals surface area contributed by atoms with Crippen molar-refractivity contribution >= 4 is 0 Å². The van der Waals surface area contributed by atoms with Gasteiger partial charge in [-0.2, -0.15) is 0 Å². The topological polar surface area (TPSA) is 0 Å². The van der Waals surface area contributed by atoms with Gasteiger partial charge in [0.25, 0.3) is 0 Å². The minimum atomic E-state index is 1.01. The highest BCUT2D eigenvalue weighted by Gasteiger charge is 2.45. The van der Waals surface area contributed by atoms with E-state index < -0.39 is 0 Å². The maximum Gasteiger partial charge on any atom is -0.0355 e. The first-order valence-corrected chi connectivity index (χ1v) is 5.20. The van der Waals surface area contributed by atoms with E-state index in [1.807, 2.05) is 0 Å². The van der Waals surface area contributed by atoms with Gasteiger partial charge < -0.3 is 0 Å². The van der Waals surface area contributed by atoms with Gasteiger partial charge in [-0.1, -0.05) is 27.2 Å².